The Morgan fingerprint density at radius 2 is 0.952 bits per heavy atom. The molecule has 0 aliphatic carbocycles. The van der Waals surface area contributed by atoms with Gasteiger partial charge in [-0.2, -0.15) is 0 Å². The number of benzene rings is 2. The fraction of sp³-hybridized carbons (Fsp3) is 0. The van der Waals surface area contributed by atoms with Gasteiger partial charge in [0.25, 0.3) is 0 Å². The summed E-state index contributed by atoms with van der Waals surface area (Å²) in [6, 6.07) is 16.1. The largest absolute Gasteiger partial charge is 0.235 e. The Bertz CT molecular complexity index is 781. The normalized spacial score (nSPS) is 9.71. The number of hydrogen-bond acceptors (Lipinski definition) is 2. The van der Waals surface area contributed by atoms with Crippen LogP contribution in [-0.2, 0) is 0 Å². The van der Waals surface area contributed by atoms with Crippen molar-refractivity contribution in [2.75, 3.05) is 0 Å². The van der Waals surface area contributed by atoms with Gasteiger partial charge in [0.15, 0.2) is 0 Å². The number of nitrogens with zero attached hydrogens (tertiary/aromatic N) is 4. The van der Waals surface area contributed by atoms with Gasteiger partial charge in [0.05, 0.1) is 22.1 Å². The lowest BCUT2D eigenvalue weighted by molar-refractivity contribution is 0.702. The molecule has 21 heavy (non-hydrogen) atoms. The summed E-state index contributed by atoms with van der Waals surface area (Å²) >= 11 is 0. The Hall–Kier alpha value is -1.75. The van der Waals surface area contributed by atoms with Crippen LogP contribution in [0, 0.1) is 0 Å². The van der Waals surface area contributed by atoms with Crippen molar-refractivity contribution < 1.29 is 0 Å². The topological polar surface area (TPSA) is 35.6 Å². The zero-order chi connectivity index (χ0) is 11.9. The smallest absolute Gasteiger partial charge is 0.116 e. The van der Waals surface area contributed by atoms with Crippen LogP contribution in [0.25, 0.3) is 22.1 Å². The Kier molecular flexibility index (Phi) is 5.61. The number of aromatic nitrogens is 4. The minimum atomic E-state index is 0. The summed E-state index contributed by atoms with van der Waals surface area (Å²) in [6.07, 6.45) is 3.64. The molecule has 0 saturated carbocycles. The van der Waals surface area contributed by atoms with E-state index in [1.165, 1.54) is 0 Å². The van der Waals surface area contributed by atoms with Crippen LogP contribution in [0.15, 0.2) is 61.2 Å². The standard InChI is InChI=1S/C14H10N4.3ClH/c1-3-7-13-11(5-1)15-9-17(13)18-10-16-12-6-2-4-8-14(12)18;;;/h1-10H;3*1H. The van der Waals surface area contributed by atoms with E-state index in [-0.39, 0.29) is 37.2 Å². The van der Waals surface area contributed by atoms with E-state index in [4.69, 9.17) is 0 Å². The number of halogens is 3. The molecule has 0 spiro atoms. The first-order valence-electron chi connectivity index (χ1n) is 5.78. The molecule has 0 aliphatic rings. The number of hydrogen-bond donors (Lipinski definition) is 0. The molecule has 0 aliphatic heterocycles. The van der Waals surface area contributed by atoms with E-state index >= 15 is 0 Å². The van der Waals surface area contributed by atoms with E-state index < -0.39 is 0 Å². The lowest BCUT2D eigenvalue weighted by atomic mass is 10.3. The molecule has 0 saturated heterocycles. The highest BCUT2D eigenvalue weighted by Crippen LogP contribution is 2.17. The zero-order valence-electron chi connectivity index (χ0n) is 10.8. The second-order valence-electron chi connectivity index (χ2n) is 4.16. The van der Waals surface area contributed by atoms with Gasteiger partial charge in [-0.1, -0.05) is 24.3 Å². The number of imidazole rings is 2. The summed E-state index contributed by atoms with van der Waals surface area (Å²) in [6.45, 7) is 0. The van der Waals surface area contributed by atoms with Crippen LogP contribution >= 0.6 is 37.2 Å². The third kappa shape index (κ3) is 2.70. The third-order valence-electron chi connectivity index (χ3n) is 3.10. The number of fused-ring (bicyclic) bond motifs is 2. The molecular weight excluding hydrogens is 331 g/mol. The maximum absolute atomic E-state index is 4.40. The minimum Gasteiger partial charge on any atom is -0.235 e. The van der Waals surface area contributed by atoms with Crippen LogP contribution in [0.2, 0.25) is 0 Å². The Labute approximate surface area is 140 Å². The number of rotatable bonds is 1. The molecule has 0 radical (unpaired) electrons. The van der Waals surface area contributed by atoms with E-state index in [2.05, 4.69) is 22.1 Å². The average Bonchev–Trinajstić information content (AvgIpc) is 3.01. The molecule has 0 bridgehead atoms. The van der Waals surface area contributed by atoms with Crippen molar-refractivity contribution in [2.45, 2.75) is 0 Å². The van der Waals surface area contributed by atoms with E-state index in [1.54, 1.807) is 0 Å². The molecule has 0 fully saturated rings. The van der Waals surface area contributed by atoms with Crippen molar-refractivity contribution in [1.29, 1.82) is 0 Å². The van der Waals surface area contributed by atoms with Crippen molar-refractivity contribution in [1.82, 2.24) is 19.3 Å². The second kappa shape index (κ2) is 6.80. The van der Waals surface area contributed by atoms with Crippen LogP contribution < -0.4 is 0 Å². The minimum absolute atomic E-state index is 0. The van der Waals surface area contributed by atoms with E-state index in [1.807, 2.05) is 58.4 Å². The summed E-state index contributed by atoms with van der Waals surface area (Å²) in [5.74, 6) is 0. The van der Waals surface area contributed by atoms with Crippen molar-refractivity contribution in [3.05, 3.63) is 61.2 Å². The molecule has 2 aromatic carbocycles. The molecule has 0 unspecified atom stereocenters. The Morgan fingerprint density at radius 1 is 0.571 bits per heavy atom. The van der Waals surface area contributed by atoms with Crippen LogP contribution in [-0.4, -0.2) is 19.3 Å². The molecule has 2 heterocycles. The Morgan fingerprint density at radius 3 is 1.38 bits per heavy atom. The summed E-state index contributed by atoms with van der Waals surface area (Å²) in [4.78, 5) is 8.79. The highest BCUT2D eigenvalue weighted by molar-refractivity contribution is 5.86. The maximum Gasteiger partial charge on any atom is 0.116 e. The van der Waals surface area contributed by atoms with Crippen LogP contribution in [0.1, 0.15) is 0 Å². The highest BCUT2D eigenvalue weighted by Gasteiger charge is 2.06. The lowest BCUT2D eigenvalue weighted by Gasteiger charge is -2.05. The van der Waals surface area contributed by atoms with Gasteiger partial charge in [0.2, 0.25) is 0 Å². The zero-order valence-corrected chi connectivity index (χ0v) is 13.2. The molecule has 4 aromatic rings. The quantitative estimate of drug-likeness (QED) is 0.524. The van der Waals surface area contributed by atoms with Gasteiger partial charge >= 0.3 is 0 Å². The lowest BCUT2D eigenvalue weighted by Crippen LogP contribution is -2.05. The van der Waals surface area contributed by atoms with Gasteiger partial charge in [-0.3, -0.25) is 0 Å². The summed E-state index contributed by atoms with van der Waals surface area (Å²) < 4.78 is 4.01. The summed E-state index contributed by atoms with van der Waals surface area (Å²) in [5.41, 5.74) is 4.10. The van der Waals surface area contributed by atoms with E-state index in [0.717, 1.165) is 22.1 Å². The van der Waals surface area contributed by atoms with Crippen molar-refractivity contribution >= 4 is 59.3 Å². The number of para-hydroxylation sites is 4. The van der Waals surface area contributed by atoms with Crippen molar-refractivity contribution in [2.24, 2.45) is 0 Å². The first kappa shape index (κ1) is 17.3. The van der Waals surface area contributed by atoms with Gasteiger partial charge in [-0.15, -0.1) is 37.2 Å². The molecule has 4 rings (SSSR count). The average molecular weight is 344 g/mol. The molecule has 7 heteroatoms. The monoisotopic (exact) mass is 342 g/mol. The molecular formula is C14H13Cl3N4. The molecule has 2 aromatic heterocycles. The van der Waals surface area contributed by atoms with Crippen molar-refractivity contribution in [3.8, 4) is 0 Å². The van der Waals surface area contributed by atoms with Crippen LogP contribution in [0.5, 0.6) is 0 Å². The molecule has 4 nitrogen and oxygen atoms in total. The first-order chi connectivity index (χ1) is 8.93. The van der Waals surface area contributed by atoms with Gasteiger partial charge in [0, 0.05) is 0 Å². The fourth-order valence-electron chi connectivity index (χ4n) is 2.24. The SMILES string of the molecule is Cl.Cl.Cl.c1ccc2c(c1)ncn2-n1cnc2ccccc21. The summed E-state index contributed by atoms with van der Waals surface area (Å²) in [5, 5.41) is 0. The van der Waals surface area contributed by atoms with Gasteiger partial charge in [-0.25, -0.2) is 19.3 Å². The predicted molar refractivity (Wildman–Crippen MR) is 92.0 cm³/mol. The summed E-state index contributed by atoms with van der Waals surface area (Å²) in [7, 11) is 0. The highest BCUT2D eigenvalue weighted by atomic mass is 35.5. The molecule has 0 atom stereocenters. The predicted octanol–water partition coefficient (Wildman–Crippen LogP) is 3.96. The molecule has 110 valence electrons. The first-order valence-corrected chi connectivity index (χ1v) is 5.78. The Balaban J connectivity index is 0.000000735. The third-order valence-corrected chi connectivity index (χ3v) is 3.10. The van der Waals surface area contributed by atoms with Gasteiger partial charge < -0.3 is 0 Å². The molecule has 0 N–H and O–H groups in total. The van der Waals surface area contributed by atoms with Gasteiger partial charge in [-0.05, 0) is 24.3 Å². The second-order valence-corrected chi connectivity index (χ2v) is 4.16. The van der Waals surface area contributed by atoms with E-state index in [0.29, 0.717) is 0 Å². The van der Waals surface area contributed by atoms with Crippen molar-refractivity contribution in [3.63, 3.8) is 0 Å². The fourth-order valence-corrected chi connectivity index (χ4v) is 2.24. The molecule has 0 amide bonds. The van der Waals surface area contributed by atoms with Crippen LogP contribution in [0.4, 0.5) is 0 Å². The van der Waals surface area contributed by atoms with Gasteiger partial charge in [0.1, 0.15) is 12.7 Å². The maximum atomic E-state index is 4.40. The van der Waals surface area contributed by atoms with E-state index in [9.17, 15) is 0 Å². The van der Waals surface area contributed by atoms with Crippen LogP contribution in [0.3, 0.4) is 0 Å².